The first-order valence-corrected chi connectivity index (χ1v) is 3.81. The van der Waals surface area contributed by atoms with Crippen LogP contribution in [-0.2, 0) is 4.79 Å². The van der Waals surface area contributed by atoms with Crippen LogP contribution >= 0.6 is 0 Å². The lowest BCUT2D eigenvalue weighted by molar-refractivity contribution is -0.116. The highest BCUT2D eigenvalue weighted by molar-refractivity contribution is 5.93. The van der Waals surface area contributed by atoms with E-state index in [-0.39, 0.29) is 17.9 Å². The van der Waals surface area contributed by atoms with Gasteiger partial charge in [0.25, 0.3) is 0 Å². The second-order valence-corrected chi connectivity index (χ2v) is 2.52. The van der Waals surface area contributed by atoms with Gasteiger partial charge >= 0.3 is 5.97 Å². The van der Waals surface area contributed by atoms with E-state index in [9.17, 15) is 9.59 Å². The molecule has 0 spiro atoms. The van der Waals surface area contributed by atoms with Crippen molar-refractivity contribution in [2.24, 2.45) is 5.73 Å². The van der Waals surface area contributed by atoms with Crippen LogP contribution < -0.4 is 11.1 Å². The number of nitrogens with two attached hydrogens (primary N) is 1. The van der Waals surface area contributed by atoms with Gasteiger partial charge < -0.3 is 16.2 Å². The van der Waals surface area contributed by atoms with E-state index in [0.717, 1.165) is 0 Å². The number of aromatic nitrogens is 1. The summed E-state index contributed by atoms with van der Waals surface area (Å²) in [5, 5.41) is 11.3. The molecule has 0 saturated heterocycles. The Hall–Kier alpha value is -2.11. The van der Waals surface area contributed by atoms with Gasteiger partial charge in [-0.25, -0.2) is 9.78 Å². The van der Waals surface area contributed by atoms with Crippen LogP contribution in [0.1, 0.15) is 10.4 Å². The molecule has 1 rings (SSSR count). The molecule has 0 bridgehead atoms. The Morgan fingerprint density at radius 3 is 2.86 bits per heavy atom. The van der Waals surface area contributed by atoms with Crippen molar-refractivity contribution < 1.29 is 14.7 Å². The number of carboxylic acid groups (broad SMARTS) is 1. The summed E-state index contributed by atoms with van der Waals surface area (Å²) in [5.41, 5.74) is 4.90. The molecule has 0 radical (unpaired) electrons. The first kappa shape index (κ1) is 9.97. The number of pyridine rings is 1. The van der Waals surface area contributed by atoms with E-state index in [1.54, 1.807) is 0 Å². The van der Waals surface area contributed by atoms with E-state index < -0.39 is 11.9 Å². The molecule has 0 saturated carbocycles. The molecule has 4 N–H and O–H groups in total. The van der Waals surface area contributed by atoms with Gasteiger partial charge in [-0.1, -0.05) is 0 Å². The van der Waals surface area contributed by atoms with E-state index in [1.807, 2.05) is 0 Å². The molecular formula is C8H9N3O3. The number of carbonyl (C=O) groups is 2. The molecule has 6 heteroatoms. The average molecular weight is 195 g/mol. The lowest BCUT2D eigenvalue weighted by Crippen LogP contribution is -2.23. The summed E-state index contributed by atoms with van der Waals surface area (Å²) in [7, 11) is 0. The number of hydrogen-bond donors (Lipinski definition) is 3. The number of primary amides is 1. The SMILES string of the molecule is NC(=O)CNc1ncccc1C(=O)O. The highest BCUT2D eigenvalue weighted by Crippen LogP contribution is 2.10. The van der Waals surface area contributed by atoms with Crippen LogP contribution in [0.25, 0.3) is 0 Å². The molecule has 0 fully saturated rings. The second kappa shape index (κ2) is 4.22. The van der Waals surface area contributed by atoms with Crippen molar-refractivity contribution in [3.63, 3.8) is 0 Å². The molecule has 6 nitrogen and oxygen atoms in total. The minimum Gasteiger partial charge on any atom is -0.478 e. The first-order chi connectivity index (χ1) is 6.61. The highest BCUT2D eigenvalue weighted by Gasteiger charge is 2.09. The molecule has 0 aliphatic heterocycles. The third-order valence-corrected chi connectivity index (χ3v) is 1.47. The van der Waals surface area contributed by atoms with Crippen LogP contribution in [0.3, 0.4) is 0 Å². The number of carbonyl (C=O) groups excluding carboxylic acids is 1. The lowest BCUT2D eigenvalue weighted by Gasteiger charge is -2.05. The second-order valence-electron chi connectivity index (χ2n) is 2.52. The van der Waals surface area contributed by atoms with Crippen molar-refractivity contribution in [1.29, 1.82) is 0 Å². The Kier molecular flexibility index (Phi) is 3.01. The zero-order valence-electron chi connectivity index (χ0n) is 7.23. The van der Waals surface area contributed by atoms with Gasteiger partial charge in [0.2, 0.25) is 5.91 Å². The topological polar surface area (TPSA) is 105 Å². The van der Waals surface area contributed by atoms with Gasteiger partial charge in [-0.15, -0.1) is 0 Å². The Morgan fingerprint density at radius 1 is 1.57 bits per heavy atom. The van der Waals surface area contributed by atoms with E-state index in [1.165, 1.54) is 18.3 Å². The van der Waals surface area contributed by atoms with Gasteiger partial charge in [0.15, 0.2) is 0 Å². The number of rotatable bonds is 4. The van der Waals surface area contributed by atoms with Crippen LogP contribution in [0, 0.1) is 0 Å². The highest BCUT2D eigenvalue weighted by atomic mass is 16.4. The van der Waals surface area contributed by atoms with Crippen molar-refractivity contribution in [2.45, 2.75) is 0 Å². The van der Waals surface area contributed by atoms with Gasteiger partial charge in [-0.3, -0.25) is 4.79 Å². The minimum absolute atomic E-state index is 0.00810. The number of nitrogens with zero attached hydrogens (tertiary/aromatic N) is 1. The monoisotopic (exact) mass is 195 g/mol. The Bertz CT molecular complexity index is 365. The molecule has 1 amide bonds. The zero-order valence-corrected chi connectivity index (χ0v) is 7.23. The van der Waals surface area contributed by atoms with Gasteiger partial charge in [0.1, 0.15) is 11.4 Å². The van der Waals surface area contributed by atoms with Gasteiger partial charge in [0, 0.05) is 6.20 Å². The van der Waals surface area contributed by atoms with Gasteiger partial charge in [0.05, 0.1) is 6.54 Å². The largest absolute Gasteiger partial charge is 0.478 e. The van der Waals surface area contributed by atoms with Crippen LogP contribution in [0.15, 0.2) is 18.3 Å². The third-order valence-electron chi connectivity index (χ3n) is 1.47. The minimum atomic E-state index is -1.11. The van der Waals surface area contributed by atoms with E-state index in [4.69, 9.17) is 10.8 Å². The number of nitrogens with one attached hydrogen (secondary N) is 1. The van der Waals surface area contributed by atoms with Crippen molar-refractivity contribution >= 4 is 17.7 Å². The summed E-state index contributed by atoms with van der Waals surface area (Å²) < 4.78 is 0. The molecule has 0 atom stereocenters. The number of amides is 1. The normalized spacial score (nSPS) is 9.43. The summed E-state index contributed by atoms with van der Waals surface area (Å²) in [5.74, 6) is -1.55. The first-order valence-electron chi connectivity index (χ1n) is 3.81. The quantitative estimate of drug-likeness (QED) is 0.610. The smallest absolute Gasteiger partial charge is 0.339 e. The molecule has 74 valence electrons. The standard InChI is InChI=1S/C8H9N3O3/c9-6(12)4-11-7-5(8(13)14)2-1-3-10-7/h1-3H,4H2,(H2,9,12)(H,10,11)(H,13,14). The summed E-state index contributed by atoms with van der Waals surface area (Å²) in [6.45, 7) is -0.142. The van der Waals surface area contributed by atoms with E-state index in [2.05, 4.69) is 10.3 Å². The zero-order chi connectivity index (χ0) is 10.6. The molecule has 14 heavy (non-hydrogen) atoms. The summed E-state index contributed by atoms with van der Waals surface area (Å²) in [4.78, 5) is 24.9. The number of hydrogen-bond acceptors (Lipinski definition) is 4. The van der Waals surface area contributed by atoms with Crippen molar-refractivity contribution in [3.05, 3.63) is 23.9 Å². The maximum Gasteiger partial charge on any atom is 0.339 e. The van der Waals surface area contributed by atoms with Crippen molar-refractivity contribution in [3.8, 4) is 0 Å². The molecule has 1 aromatic rings. The fourth-order valence-electron chi connectivity index (χ4n) is 0.890. The lowest BCUT2D eigenvalue weighted by atomic mass is 10.2. The summed E-state index contributed by atoms with van der Waals surface area (Å²) in [6.07, 6.45) is 1.43. The Balaban J connectivity index is 2.84. The van der Waals surface area contributed by atoms with Crippen molar-refractivity contribution in [1.82, 2.24) is 4.98 Å². The van der Waals surface area contributed by atoms with Crippen LogP contribution in [0.4, 0.5) is 5.82 Å². The average Bonchev–Trinajstić information content (AvgIpc) is 2.15. The van der Waals surface area contributed by atoms with Crippen LogP contribution in [0.2, 0.25) is 0 Å². The number of carboxylic acids is 1. The maximum atomic E-state index is 10.7. The summed E-state index contributed by atoms with van der Waals surface area (Å²) in [6, 6.07) is 2.89. The fourth-order valence-corrected chi connectivity index (χ4v) is 0.890. The molecule has 1 aromatic heterocycles. The molecule has 1 heterocycles. The van der Waals surface area contributed by atoms with E-state index >= 15 is 0 Å². The molecule has 0 unspecified atom stereocenters. The maximum absolute atomic E-state index is 10.7. The van der Waals surface area contributed by atoms with Crippen LogP contribution in [0.5, 0.6) is 0 Å². The number of aromatic carboxylic acids is 1. The Labute approximate surface area is 79.8 Å². The van der Waals surface area contributed by atoms with Gasteiger partial charge in [-0.05, 0) is 12.1 Å². The van der Waals surface area contributed by atoms with E-state index in [0.29, 0.717) is 0 Å². The van der Waals surface area contributed by atoms with Crippen molar-refractivity contribution in [2.75, 3.05) is 11.9 Å². The molecule has 0 aliphatic rings. The fraction of sp³-hybridized carbons (Fsp3) is 0.125. The number of anilines is 1. The Morgan fingerprint density at radius 2 is 2.29 bits per heavy atom. The third kappa shape index (κ3) is 2.44. The predicted molar refractivity (Wildman–Crippen MR) is 48.9 cm³/mol. The molecular weight excluding hydrogens is 186 g/mol. The summed E-state index contributed by atoms with van der Waals surface area (Å²) >= 11 is 0. The van der Waals surface area contributed by atoms with Gasteiger partial charge in [-0.2, -0.15) is 0 Å². The van der Waals surface area contributed by atoms with Crippen LogP contribution in [-0.4, -0.2) is 28.5 Å². The molecule has 0 aromatic carbocycles. The predicted octanol–water partition coefficient (Wildman–Crippen LogP) is -0.323. The molecule has 0 aliphatic carbocycles.